The van der Waals surface area contributed by atoms with Gasteiger partial charge in [0, 0.05) is 38.7 Å². The summed E-state index contributed by atoms with van der Waals surface area (Å²) in [7, 11) is 3.92. The smallest absolute Gasteiger partial charge is 0.231 e. The molecule has 1 amide bonds. The number of carbonyl (C=O) groups is 1. The van der Waals surface area contributed by atoms with Gasteiger partial charge in [0.2, 0.25) is 11.9 Å². The lowest BCUT2D eigenvalue weighted by molar-refractivity contribution is -0.119. The molecule has 0 radical (unpaired) electrons. The van der Waals surface area contributed by atoms with Gasteiger partial charge in [0.1, 0.15) is 5.82 Å². The van der Waals surface area contributed by atoms with Gasteiger partial charge in [-0.3, -0.25) is 9.36 Å². The van der Waals surface area contributed by atoms with Gasteiger partial charge < -0.3 is 10.2 Å². The molecule has 1 aromatic carbocycles. The SMILES string of the molecule is Cc1cccc(N(C)c2nnc(C3CNC(=O)C3)n2C)c1. The first-order valence-corrected chi connectivity index (χ1v) is 7.02. The van der Waals surface area contributed by atoms with Crippen LogP contribution >= 0.6 is 0 Å². The van der Waals surface area contributed by atoms with E-state index < -0.39 is 0 Å². The van der Waals surface area contributed by atoms with Gasteiger partial charge in [0.25, 0.3) is 0 Å². The Balaban J connectivity index is 1.89. The fourth-order valence-electron chi connectivity index (χ4n) is 2.72. The van der Waals surface area contributed by atoms with E-state index in [1.54, 1.807) is 0 Å². The zero-order valence-corrected chi connectivity index (χ0v) is 12.5. The molecule has 1 fully saturated rings. The summed E-state index contributed by atoms with van der Waals surface area (Å²) in [6, 6.07) is 8.24. The van der Waals surface area contributed by atoms with Gasteiger partial charge >= 0.3 is 0 Å². The molecule has 1 aromatic heterocycles. The molecule has 1 atom stereocenters. The monoisotopic (exact) mass is 285 g/mol. The minimum atomic E-state index is 0.0802. The number of rotatable bonds is 3. The molecule has 2 heterocycles. The van der Waals surface area contributed by atoms with Crippen molar-refractivity contribution in [3.63, 3.8) is 0 Å². The second kappa shape index (κ2) is 5.20. The molecule has 1 N–H and O–H groups in total. The summed E-state index contributed by atoms with van der Waals surface area (Å²) in [6.45, 7) is 2.70. The summed E-state index contributed by atoms with van der Waals surface area (Å²) >= 11 is 0. The Morgan fingerprint density at radius 2 is 2.19 bits per heavy atom. The highest BCUT2D eigenvalue weighted by molar-refractivity contribution is 5.79. The number of nitrogens with zero attached hydrogens (tertiary/aromatic N) is 4. The Kier molecular flexibility index (Phi) is 3.37. The summed E-state index contributed by atoms with van der Waals surface area (Å²) in [4.78, 5) is 13.4. The van der Waals surface area contributed by atoms with Crippen molar-refractivity contribution < 1.29 is 4.79 Å². The van der Waals surface area contributed by atoms with E-state index in [-0.39, 0.29) is 11.8 Å². The van der Waals surface area contributed by atoms with Crippen LogP contribution in [0.15, 0.2) is 24.3 Å². The zero-order chi connectivity index (χ0) is 15.0. The van der Waals surface area contributed by atoms with E-state index in [1.165, 1.54) is 5.56 Å². The topological polar surface area (TPSA) is 63.1 Å². The van der Waals surface area contributed by atoms with Gasteiger partial charge in [-0.25, -0.2) is 0 Å². The third-order valence-corrected chi connectivity index (χ3v) is 3.92. The van der Waals surface area contributed by atoms with Gasteiger partial charge in [0.05, 0.1) is 0 Å². The number of nitrogens with one attached hydrogen (secondary N) is 1. The second-order valence-electron chi connectivity index (χ2n) is 5.52. The summed E-state index contributed by atoms with van der Waals surface area (Å²) in [5, 5.41) is 11.4. The third kappa shape index (κ3) is 2.49. The van der Waals surface area contributed by atoms with Crippen molar-refractivity contribution in [1.29, 1.82) is 0 Å². The fraction of sp³-hybridized carbons (Fsp3) is 0.400. The Labute approximate surface area is 123 Å². The van der Waals surface area contributed by atoms with E-state index in [2.05, 4.69) is 34.6 Å². The molecule has 0 spiro atoms. The molecule has 1 unspecified atom stereocenters. The molecule has 1 aliphatic rings. The van der Waals surface area contributed by atoms with Crippen LogP contribution in [0.2, 0.25) is 0 Å². The van der Waals surface area contributed by atoms with Crippen LogP contribution < -0.4 is 10.2 Å². The fourth-order valence-corrected chi connectivity index (χ4v) is 2.72. The van der Waals surface area contributed by atoms with Crippen LogP contribution in [0.25, 0.3) is 0 Å². The largest absolute Gasteiger partial charge is 0.355 e. The van der Waals surface area contributed by atoms with E-state index in [1.807, 2.05) is 35.7 Å². The number of hydrogen-bond donors (Lipinski definition) is 1. The average molecular weight is 285 g/mol. The van der Waals surface area contributed by atoms with Crippen LogP contribution in [0.3, 0.4) is 0 Å². The van der Waals surface area contributed by atoms with Crippen molar-refractivity contribution in [3.05, 3.63) is 35.7 Å². The minimum Gasteiger partial charge on any atom is -0.355 e. The van der Waals surface area contributed by atoms with Crippen molar-refractivity contribution in [2.75, 3.05) is 18.5 Å². The Morgan fingerprint density at radius 1 is 1.38 bits per heavy atom. The maximum Gasteiger partial charge on any atom is 0.231 e. The van der Waals surface area contributed by atoms with E-state index >= 15 is 0 Å². The highest BCUT2D eigenvalue weighted by Crippen LogP contribution is 2.27. The van der Waals surface area contributed by atoms with Gasteiger partial charge in [-0.05, 0) is 24.6 Å². The van der Waals surface area contributed by atoms with Gasteiger partial charge in [0.15, 0.2) is 0 Å². The molecular weight excluding hydrogens is 266 g/mol. The third-order valence-electron chi connectivity index (χ3n) is 3.92. The summed E-state index contributed by atoms with van der Waals surface area (Å²) in [5.41, 5.74) is 2.27. The number of aryl methyl sites for hydroxylation is 1. The average Bonchev–Trinajstić information content (AvgIpc) is 3.04. The first-order chi connectivity index (χ1) is 10.1. The standard InChI is InChI=1S/C15H19N5O/c1-10-5-4-6-12(7-10)19(2)15-18-17-14(20(15)3)11-8-13(21)16-9-11/h4-7,11H,8-9H2,1-3H3,(H,16,21). The lowest BCUT2D eigenvalue weighted by Gasteiger charge is -2.19. The predicted octanol–water partition coefficient (Wildman–Crippen LogP) is 1.49. The number of carbonyl (C=O) groups excluding carboxylic acids is 1. The molecule has 2 aromatic rings. The number of aromatic nitrogens is 3. The van der Waals surface area contributed by atoms with E-state index in [0.717, 1.165) is 17.5 Å². The van der Waals surface area contributed by atoms with Crippen LogP contribution in [0.5, 0.6) is 0 Å². The molecule has 1 aliphatic heterocycles. The van der Waals surface area contributed by atoms with Crippen LogP contribution in [0, 0.1) is 6.92 Å². The van der Waals surface area contributed by atoms with Crippen LogP contribution in [0.1, 0.15) is 23.7 Å². The molecule has 110 valence electrons. The van der Waals surface area contributed by atoms with Crippen LogP contribution in [-0.2, 0) is 11.8 Å². The quantitative estimate of drug-likeness (QED) is 0.928. The highest BCUT2D eigenvalue weighted by atomic mass is 16.1. The second-order valence-corrected chi connectivity index (χ2v) is 5.52. The highest BCUT2D eigenvalue weighted by Gasteiger charge is 2.28. The van der Waals surface area contributed by atoms with Crippen molar-refractivity contribution in [2.24, 2.45) is 7.05 Å². The van der Waals surface area contributed by atoms with Crippen LogP contribution in [0.4, 0.5) is 11.6 Å². The van der Waals surface area contributed by atoms with Gasteiger partial charge in [-0.2, -0.15) is 0 Å². The summed E-state index contributed by atoms with van der Waals surface area (Å²) in [6.07, 6.45) is 0.486. The van der Waals surface area contributed by atoms with Crippen LogP contribution in [-0.4, -0.2) is 34.3 Å². The summed E-state index contributed by atoms with van der Waals surface area (Å²) in [5.74, 6) is 1.81. The molecule has 0 bridgehead atoms. The normalized spacial score (nSPS) is 17.9. The number of anilines is 2. The zero-order valence-electron chi connectivity index (χ0n) is 12.5. The molecule has 1 saturated heterocycles. The van der Waals surface area contributed by atoms with Crippen molar-refractivity contribution >= 4 is 17.5 Å². The molecular formula is C15H19N5O. The van der Waals surface area contributed by atoms with Gasteiger partial charge in [-0.15, -0.1) is 10.2 Å². The lowest BCUT2D eigenvalue weighted by atomic mass is 10.1. The molecule has 0 aliphatic carbocycles. The molecule has 6 nitrogen and oxygen atoms in total. The lowest BCUT2D eigenvalue weighted by Crippen LogP contribution is -2.17. The number of hydrogen-bond acceptors (Lipinski definition) is 4. The number of amides is 1. The van der Waals surface area contributed by atoms with Crippen molar-refractivity contribution in [3.8, 4) is 0 Å². The summed E-state index contributed by atoms with van der Waals surface area (Å²) < 4.78 is 1.97. The van der Waals surface area contributed by atoms with Crippen molar-refractivity contribution in [1.82, 2.24) is 20.1 Å². The molecule has 21 heavy (non-hydrogen) atoms. The predicted molar refractivity (Wildman–Crippen MR) is 80.6 cm³/mol. The molecule has 6 heteroatoms. The van der Waals surface area contributed by atoms with E-state index in [9.17, 15) is 4.79 Å². The maximum atomic E-state index is 11.4. The van der Waals surface area contributed by atoms with E-state index in [0.29, 0.717) is 13.0 Å². The minimum absolute atomic E-state index is 0.0802. The van der Waals surface area contributed by atoms with E-state index in [4.69, 9.17) is 0 Å². The first-order valence-electron chi connectivity index (χ1n) is 7.02. The Bertz CT molecular complexity index is 678. The maximum absolute atomic E-state index is 11.4. The molecule has 0 saturated carbocycles. The molecule has 3 rings (SSSR count). The Morgan fingerprint density at radius 3 is 2.86 bits per heavy atom. The number of benzene rings is 1. The van der Waals surface area contributed by atoms with Gasteiger partial charge in [-0.1, -0.05) is 12.1 Å². The Hall–Kier alpha value is -2.37. The first kappa shape index (κ1) is 13.6. The van der Waals surface area contributed by atoms with Crippen molar-refractivity contribution in [2.45, 2.75) is 19.3 Å².